The van der Waals surface area contributed by atoms with Crippen LogP contribution < -0.4 is 10.1 Å². The third-order valence-corrected chi connectivity index (χ3v) is 4.75. The largest absolute Gasteiger partial charge is 0.495 e. The Morgan fingerprint density at radius 2 is 2.26 bits per heavy atom. The van der Waals surface area contributed by atoms with E-state index in [1.807, 2.05) is 0 Å². The summed E-state index contributed by atoms with van der Waals surface area (Å²) in [5.74, 6) is 1.51. The van der Waals surface area contributed by atoms with Crippen molar-refractivity contribution in [2.45, 2.75) is 18.8 Å². The van der Waals surface area contributed by atoms with E-state index in [0.717, 1.165) is 18.7 Å². The van der Waals surface area contributed by atoms with Crippen molar-refractivity contribution in [3.8, 4) is 5.75 Å². The Morgan fingerprint density at radius 3 is 2.96 bits per heavy atom. The van der Waals surface area contributed by atoms with E-state index in [-0.39, 0.29) is 5.91 Å². The molecule has 0 aliphatic heterocycles. The predicted octanol–water partition coefficient (Wildman–Crippen LogP) is 2.98. The lowest BCUT2D eigenvalue weighted by Gasteiger charge is -2.06. The molecule has 0 unspecified atom stereocenters. The molecule has 7 nitrogen and oxygen atoms in total. The summed E-state index contributed by atoms with van der Waals surface area (Å²) >= 11 is 7.27. The fourth-order valence-corrected chi connectivity index (χ4v) is 3.25. The molecule has 1 aliphatic rings. The summed E-state index contributed by atoms with van der Waals surface area (Å²) in [5.41, 5.74) is 0.578. The van der Waals surface area contributed by atoms with Gasteiger partial charge in [0.2, 0.25) is 9.97 Å². The number of benzene rings is 1. The highest BCUT2D eigenvalue weighted by Gasteiger charge is 2.30. The van der Waals surface area contributed by atoms with Gasteiger partial charge in [-0.3, -0.25) is 4.79 Å². The first-order valence-corrected chi connectivity index (χ1v) is 8.22. The van der Waals surface area contributed by atoms with E-state index in [1.54, 1.807) is 22.7 Å². The van der Waals surface area contributed by atoms with E-state index in [1.165, 1.54) is 18.4 Å². The van der Waals surface area contributed by atoms with Gasteiger partial charge in [-0.1, -0.05) is 22.9 Å². The third-order valence-electron chi connectivity index (χ3n) is 3.56. The number of halogens is 1. The first-order valence-electron chi connectivity index (χ1n) is 7.02. The highest BCUT2D eigenvalue weighted by molar-refractivity contribution is 7.18. The van der Waals surface area contributed by atoms with Gasteiger partial charge < -0.3 is 10.1 Å². The lowest BCUT2D eigenvalue weighted by atomic mass is 10.3. The molecule has 0 bridgehead atoms. The first-order chi connectivity index (χ1) is 11.2. The number of amides is 1. The summed E-state index contributed by atoms with van der Waals surface area (Å²) in [6, 6.07) is 5.05. The number of hydrogen-bond acceptors (Lipinski definition) is 6. The van der Waals surface area contributed by atoms with Crippen molar-refractivity contribution in [2.24, 2.45) is 0 Å². The maximum absolute atomic E-state index is 12.3. The van der Waals surface area contributed by atoms with Gasteiger partial charge in [0.15, 0.2) is 5.82 Å². The topological polar surface area (TPSA) is 81.4 Å². The van der Waals surface area contributed by atoms with Crippen LogP contribution in [0.2, 0.25) is 5.02 Å². The van der Waals surface area contributed by atoms with Gasteiger partial charge in [-0.15, -0.1) is 15.3 Å². The Kier molecular flexibility index (Phi) is 3.42. The van der Waals surface area contributed by atoms with E-state index in [9.17, 15) is 4.79 Å². The zero-order chi connectivity index (χ0) is 16.0. The average Bonchev–Trinajstić information content (AvgIpc) is 3.15. The van der Waals surface area contributed by atoms with Crippen LogP contribution in [-0.4, -0.2) is 32.8 Å². The van der Waals surface area contributed by atoms with Gasteiger partial charge in [0.1, 0.15) is 5.75 Å². The molecule has 1 N–H and O–H groups in total. The summed E-state index contributed by atoms with van der Waals surface area (Å²) < 4.78 is 6.75. The number of ether oxygens (including phenoxy) is 1. The molecule has 3 aromatic rings. The van der Waals surface area contributed by atoms with Crippen LogP contribution in [0, 0.1) is 0 Å². The second-order valence-electron chi connectivity index (χ2n) is 5.24. The smallest absolute Gasteiger partial charge is 0.286 e. The van der Waals surface area contributed by atoms with E-state index in [0.29, 0.717) is 32.3 Å². The van der Waals surface area contributed by atoms with Crippen molar-refractivity contribution in [3.63, 3.8) is 0 Å². The molecule has 1 saturated carbocycles. The Hall–Kier alpha value is -2.19. The second-order valence-corrected chi connectivity index (χ2v) is 6.60. The minimum absolute atomic E-state index is 0.302. The van der Waals surface area contributed by atoms with Gasteiger partial charge in [-0.05, 0) is 31.0 Å². The SMILES string of the molecule is COc1ccc(NC(=O)c2nn3c(C4CC4)nnc3s2)cc1Cl. The van der Waals surface area contributed by atoms with Gasteiger partial charge in [0, 0.05) is 11.6 Å². The van der Waals surface area contributed by atoms with Crippen LogP contribution in [0.5, 0.6) is 5.75 Å². The highest BCUT2D eigenvalue weighted by atomic mass is 35.5. The molecule has 23 heavy (non-hydrogen) atoms. The summed E-state index contributed by atoms with van der Waals surface area (Å²) in [5, 5.41) is 16.1. The average molecular weight is 350 g/mol. The maximum atomic E-state index is 12.3. The van der Waals surface area contributed by atoms with Gasteiger partial charge >= 0.3 is 0 Å². The molecular weight excluding hydrogens is 338 g/mol. The molecular formula is C14H12ClN5O2S. The van der Waals surface area contributed by atoms with E-state index < -0.39 is 0 Å². The standard InChI is InChI=1S/C14H12ClN5O2S/c1-22-10-5-4-8(6-9(10)15)16-12(21)13-19-20-11(7-2-3-7)17-18-14(20)23-13/h4-7H,2-3H2,1H3,(H,16,21). The number of methoxy groups -OCH3 is 1. The van der Waals surface area contributed by atoms with Crippen molar-refractivity contribution in [3.05, 3.63) is 34.1 Å². The number of aromatic nitrogens is 4. The number of hydrogen-bond donors (Lipinski definition) is 1. The summed E-state index contributed by atoms with van der Waals surface area (Å²) in [6.45, 7) is 0. The van der Waals surface area contributed by atoms with E-state index in [2.05, 4.69) is 20.6 Å². The molecule has 0 saturated heterocycles. The number of nitrogens with zero attached hydrogens (tertiary/aromatic N) is 4. The third kappa shape index (κ3) is 2.64. The molecule has 1 fully saturated rings. The molecule has 1 aliphatic carbocycles. The quantitative estimate of drug-likeness (QED) is 0.783. The fourth-order valence-electron chi connectivity index (χ4n) is 2.25. The van der Waals surface area contributed by atoms with Gasteiger partial charge in [-0.2, -0.15) is 4.52 Å². The van der Waals surface area contributed by atoms with Crippen molar-refractivity contribution in [2.75, 3.05) is 12.4 Å². The molecule has 118 valence electrons. The summed E-state index contributed by atoms with van der Waals surface area (Å²) in [7, 11) is 1.54. The van der Waals surface area contributed by atoms with Gasteiger partial charge in [0.25, 0.3) is 5.91 Å². The molecule has 9 heteroatoms. The molecule has 2 aromatic heterocycles. The van der Waals surface area contributed by atoms with Crippen molar-refractivity contribution < 1.29 is 9.53 Å². The lowest BCUT2D eigenvalue weighted by Crippen LogP contribution is -2.12. The molecule has 0 radical (unpaired) electrons. The van der Waals surface area contributed by atoms with E-state index in [4.69, 9.17) is 16.3 Å². The fraction of sp³-hybridized carbons (Fsp3) is 0.286. The van der Waals surface area contributed by atoms with Crippen molar-refractivity contribution in [1.29, 1.82) is 0 Å². The van der Waals surface area contributed by atoms with Gasteiger partial charge in [0.05, 0.1) is 12.1 Å². The summed E-state index contributed by atoms with van der Waals surface area (Å²) in [6.07, 6.45) is 2.20. The Balaban J connectivity index is 1.58. The molecule has 0 atom stereocenters. The molecule has 4 rings (SSSR count). The number of carbonyl (C=O) groups excluding carboxylic acids is 1. The van der Waals surface area contributed by atoms with Crippen LogP contribution in [0.4, 0.5) is 5.69 Å². The molecule has 0 spiro atoms. The van der Waals surface area contributed by atoms with Crippen LogP contribution >= 0.6 is 22.9 Å². The number of fused-ring (bicyclic) bond motifs is 1. The van der Waals surface area contributed by atoms with Crippen LogP contribution in [0.25, 0.3) is 4.96 Å². The number of rotatable bonds is 4. The molecule has 1 aromatic carbocycles. The minimum Gasteiger partial charge on any atom is -0.495 e. The molecule has 1 amide bonds. The maximum Gasteiger partial charge on any atom is 0.286 e. The van der Waals surface area contributed by atoms with Crippen LogP contribution in [-0.2, 0) is 0 Å². The monoisotopic (exact) mass is 349 g/mol. The lowest BCUT2D eigenvalue weighted by molar-refractivity contribution is 0.102. The Bertz CT molecular complexity index is 902. The zero-order valence-electron chi connectivity index (χ0n) is 12.1. The minimum atomic E-state index is -0.302. The van der Waals surface area contributed by atoms with Crippen molar-refractivity contribution in [1.82, 2.24) is 19.8 Å². The summed E-state index contributed by atoms with van der Waals surface area (Å²) in [4.78, 5) is 13.0. The number of nitrogens with one attached hydrogen (secondary N) is 1. The highest BCUT2D eigenvalue weighted by Crippen LogP contribution is 2.39. The molecule has 2 heterocycles. The zero-order valence-corrected chi connectivity index (χ0v) is 13.7. The number of carbonyl (C=O) groups is 1. The second kappa shape index (κ2) is 5.47. The van der Waals surface area contributed by atoms with Crippen LogP contribution in [0.15, 0.2) is 18.2 Å². The normalized spacial score (nSPS) is 14.2. The van der Waals surface area contributed by atoms with Crippen LogP contribution in [0.3, 0.4) is 0 Å². The Morgan fingerprint density at radius 1 is 1.43 bits per heavy atom. The van der Waals surface area contributed by atoms with Crippen LogP contribution in [0.1, 0.15) is 34.4 Å². The first kappa shape index (κ1) is 14.4. The predicted molar refractivity (Wildman–Crippen MR) is 86.6 cm³/mol. The van der Waals surface area contributed by atoms with E-state index >= 15 is 0 Å². The van der Waals surface area contributed by atoms with Gasteiger partial charge in [-0.25, -0.2) is 0 Å². The number of anilines is 1. The van der Waals surface area contributed by atoms with Crippen molar-refractivity contribution >= 4 is 39.5 Å². The Labute approximate surface area is 140 Å².